The lowest BCUT2D eigenvalue weighted by molar-refractivity contribution is -0.118. The van der Waals surface area contributed by atoms with Crippen LogP contribution in [0.2, 0.25) is 0 Å². The van der Waals surface area contributed by atoms with E-state index in [4.69, 9.17) is 0 Å². The van der Waals surface area contributed by atoms with Gasteiger partial charge in [-0.2, -0.15) is 0 Å². The third-order valence-electron chi connectivity index (χ3n) is 7.90. The summed E-state index contributed by atoms with van der Waals surface area (Å²) >= 11 is 3.65. The van der Waals surface area contributed by atoms with Crippen molar-refractivity contribution in [3.8, 4) is 11.3 Å². The highest BCUT2D eigenvalue weighted by Crippen LogP contribution is 2.34. The lowest BCUT2D eigenvalue weighted by Gasteiger charge is -2.32. The Morgan fingerprint density at radius 3 is 2.58 bits per heavy atom. The van der Waals surface area contributed by atoms with Crippen molar-refractivity contribution in [2.24, 2.45) is 5.92 Å². The van der Waals surface area contributed by atoms with E-state index in [0.717, 1.165) is 55.5 Å². The smallest absolute Gasteiger partial charge is 0.226 e. The number of fused-ring (bicyclic) bond motifs is 1. The Bertz CT molecular complexity index is 1420. The quantitative estimate of drug-likeness (QED) is 0.223. The maximum absolute atomic E-state index is 12.1. The summed E-state index contributed by atoms with van der Waals surface area (Å²) in [5.74, 6) is 0.619. The van der Waals surface area contributed by atoms with Crippen molar-refractivity contribution in [2.75, 3.05) is 25.0 Å². The number of nitrogens with one attached hydrogen (secondary N) is 2. The molecular formula is C33H38BrN3O. The van der Waals surface area contributed by atoms with Crippen molar-refractivity contribution < 1.29 is 4.79 Å². The van der Waals surface area contributed by atoms with Crippen molar-refractivity contribution in [3.05, 3.63) is 87.9 Å². The van der Waals surface area contributed by atoms with Gasteiger partial charge in [0.2, 0.25) is 5.91 Å². The van der Waals surface area contributed by atoms with E-state index < -0.39 is 0 Å². The van der Waals surface area contributed by atoms with Gasteiger partial charge in [-0.3, -0.25) is 4.79 Å². The van der Waals surface area contributed by atoms with E-state index in [1.54, 1.807) is 0 Å². The van der Waals surface area contributed by atoms with E-state index in [2.05, 4.69) is 98.7 Å². The second-order valence-corrected chi connectivity index (χ2v) is 11.9. The largest absolute Gasteiger partial charge is 0.354 e. The molecule has 0 unspecified atom stereocenters. The summed E-state index contributed by atoms with van der Waals surface area (Å²) in [5, 5.41) is 4.40. The molecule has 4 nitrogen and oxygen atoms in total. The summed E-state index contributed by atoms with van der Waals surface area (Å²) < 4.78 is 1.10. The molecular weight excluding hydrogens is 534 g/mol. The number of carbonyl (C=O) groups excluding carboxylic acids is 1. The van der Waals surface area contributed by atoms with Crippen molar-refractivity contribution >= 4 is 38.4 Å². The summed E-state index contributed by atoms with van der Waals surface area (Å²) in [7, 11) is 0. The molecule has 4 aromatic rings. The summed E-state index contributed by atoms with van der Waals surface area (Å²) in [6, 6.07) is 23.7. The van der Waals surface area contributed by atoms with Crippen LogP contribution in [0.3, 0.4) is 0 Å². The number of likely N-dealkylation sites (tertiary alicyclic amines) is 1. The predicted octanol–water partition coefficient (Wildman–Crippen LogP) is 8.31. The van der Waals surface area contributed by atoms with Gasteiger partial charge >= 0.3 is 0 Å². The fourth-order valence-electron chi connectivity index (χ4n) is 5.70. The van der Waals surface area contributed by atoms with E-state index in [1.807, 2.05) is 19.9 Å². The molecule has 3 aromatic carbocycles. The number of aromatic nitrogens is 1. The van der Waals surface area contributed by atoms with Crippen molar-refractivity contribution in [1.29, 1.82) is 0 Å². The number of para-hydroxylation sites is 1. The molecule has 0 aliphatic carbocycles. The van der Waals surface area contributed by atoms with Crippen LogP contribution in [0, 0.1) is 12.8 Å². The number of anilines is 1. The average molecular weight is 573 g/mol. The monoisotopic (exact) mass is 571 g/mol. The number of halogens is 1. The van der Waals surface area contributed by atoms with Gasteiger partial charge in [0.25, 0.3) is 0 Å². The van der Waals surface area contributed by atoms with Gasteiger partial charge in [-0.05, 0) is 105 Å². The van der Waals surface area contributed by atoms with Gasteiger partial charge in [-0.25, -0.2) is 0 Å². The minimum absolute atomic E-state index is 0.0131. The first-order valence-corrected chi connectivity index (χ1v) is 14.7. The summed E-state index contributed by atoms with van der Waals surface area (Å²) in [6.07, 6.45) is 4.53. The molecule has 0 bridgehead atoms. The number of hydrogen-bond acceptors (Lipinski definition) is 2. The normalized spacial score (nSPS) is 14.9. The molecule has 2 heterocycles. The van der Waals surface area contributed by atoms with E-state index >= 15 is 0 Å². The van der Waals surface area contributed by atoms with E-state index in [0.29, 0.717) is 5.92 Å². The molecule has 1 fully saturated rings. The Hall–Kier alpha value is -2.89. The third-order valence-corrected chi connectivity index (χ3v) is 8.39. The number of H-pyrrole nitrogens is 1. The number of aromatic amines is 1. The first-order valence-electron chi connectivity index (χ1n) is 13.9. The second kappa shape index (κ2) is 11.9. The molecule has 2 N–H and O–H groups in total. The van der Waals surface area contributed by atoms with Crippen LogP contribution in [-0.4, -0.2) is 35.4 Å². The third kappa shape index (κ3) is 6.05. The van der Waals surface area contributed by atoms with Gasteiger partial charge < -0.3 is 15.2 Å². The van der Waals surface area contributed by atoms with Crippen LogP contribution in [0.15, 0.2) is 71.2 Å². The highest BCUT2D eigenvalue weighted by atomic mass is 79.9. The van der Waals surface area contributed by atoms with Gasteiger partial charge in [0.05, 0.1) is 0 Å². The molecule has 198 valence electrons. The minimum atomic E-state index is -0.0131. The Kier molecular flexibility index (Phi) is 8.35. The molecule has 5 heteroatoms. The fraction of sp³-hybridized carbons (Fsp3) is 0.364. The molecule has 5 rings (SSSR count). The minimum Gasteiger partial charge on any atom is -0.354 e. The predicted molar refractivity (Wildman–Crippen MR) is 163 cm³/mol. The number of amides is 1. The molecule has 38 heavy (non-hydrogen) atoms. The molecule has 0 spiro atoms. The molecule has 1 aliphatic heterocycles. The maximum Gasteiger partial charge on any atom is 0.226 e. The van der Waals surface area contributed by atoms with Crippen LogP contribution >= 0.6 is 15.9 Å². The Morgan fingerprint density at radius 1 is 1.05 bits per heavy atom. The van der Waals surface area contributed by atoms with Gasteiger partial charge in [-0.1, -0.05) is 72.2 Å². The van der Waals surface area contributed by atoms with Crippen LogP contribution in [0.5, 0.6) is 0 Å². The number of rotatable bonds is 8. The first-order chi connectivity index (χ1) is 18.4. The van der Waals surface area contributed by atoms with Gasteiger partial charge in [0.1, 0.15) is 0 Å². The topological polar surface area (TPSA) is 48.1 Å². The SMILES string of the molecule is Cc1cccc2c(CCCN3CCC(c4cccc(NC(=O)C(C)C)c4)CC3)c(-c3cccc(Br)c3)[nH]c12. The van der Waals surface area contributed by atoms with Crippen molar-refractivity contribution in [1.82, 2.24) is 9.88 Å². The second-order valence-electron chi connectivity index (χ2n) is 11.0. The van der Waals surface area contributed by atoms with Crippen LogP contribution < -0.4 is 5.32 Å². The van der Waals surface area contributed by atoms with Crippen LogP contribution in [0.1, 0.15) is 55.7 Å². The first kappa shape index (κ1) is 26.7. The molecule has 1 amide bonds. The van der Waals surface area contributed by atoms with Crippen LogP contribution in [0.25, 0.3) is 22.2 Å². The van der Waals surface area contributed by atoms with Crippen molar-refractivity contribution in [2.45, 2.75) is 52.4 Å². The number of benzene rings is 3. The van der Waals surface area contributed by atoms with Crippen molar-refractivity contribution in [3.63, 3.8) is 0 Å². The Morgan fingerprint density at radius 2 is 1.82 bits per heavy atom. The zero-order chi connectivity index (χ0) is 26.6. The maximum atomic E-state index is 12.1. The Balaban J connectivity index is 1.21. The number of aryl methyl sites for hydroxylation is 2. The highest BCUT2D eigenvalue weighted by Gasteiger charge is 2.21. The Labute approximate surface area is 235 Å². The summed E-state index contributed by atoms with van der Waals surface area (Å²) in [4.78, 5) is 18.5. The lowest BCUT2D eigenvalue weighted by atomic mass is 9.89. The molecule has 1 aromatic heterocycles. The fourth-order valence-corrected chi connectivity index (χ4v) is 6.10. The number of nitrogens with zero attached hydrogens (tertiary/aromatic N) is 1. The molecule has 1 saturated heterocycles. The lowest BCUT2D eigenvalue weighted by Crippen LogP contribution is -2.33. The van der Waals surface area contributed by atoms with Crippen LogP contribution in [0.4, 0.5) is 5.69 Å². The molecule has 0 radical (unpaired) electrons. The van der Waals surface area contributed by atoms with Gasteiger partial charge in [0, 0.05) is 32.7 Å². The molecule has 0 saturated carbocycles. The van der Waals surface area contributed by atoms with Crippen LogP contribution in [-0.2, 0) is 11.2 Å². The zero-order valence-corrected chi connectivity index (χ0v) is 24.3. The number of piperidine rings is 1. The number of hydrogen-bond donors (Lipinski definition) is 2. The summed E-state index contributed by atoms with van der Waals surface area (Å²) in [5.41, 5.74) is 8.72. The summed E-state index contributed by atoms with van der Waals surface area (Å²) in [6.45, 7) is 9.41. The number of carbonyl (C=O) groups is 1. The highest BCUT2D eigenvalue weighted by molar-refractivity contribution is 9.10. The van der Waals surface area contributed by atoms with E-state index in [9.17, 15) is 4.79 Å². The molecule has 1 aliphatic rings. The van der Waals surface area contributed by atoms with E-state index in [1.165, 1.54) is 38.9 Å². The average Bonchev–Trinajstić information content (AvgIpc) is 3.29. The van der Waals surface area contributed by atoms with E-state index in [-0.39, 0.29) is 11.8 Å². The molecule has 0 atom stereocenters. The van der Waals surface area contributed by atoms with Gasteiger partial charge in [-0.15, -0.1) is 0 Å². The van der Waals surface area contributed by atoms with Gasteiger partial charge in [0.15, 0.2) is 0 Å². The zero-order valence-electron chi connectivity index (χ0n) is 22.7. The standard InChI is InChI=1S/C33H38BrN3O/c1-22(2)33(38)35-28-12-6-9-25(21-28)24-15-18-37(19-16-24)17-7-14-30-29-13-4-8-23(3)31(29)36-32(30)26-10-5-11-27(34)20-26/h4-6,8-13,20-22,24,36H,7,14-19H2,1-3H3,(H,35,38).